The molecule has 2 heterocycles. The van der Waals surface area contributed by atoms with Crippen molar-refractivity contribution in [3.05, 3.63) is 77.2 Å². The largest absolute Gasteiger partial charge is 0.455 e. The van der Waals surface area contributed by atoms with Gasteiger partial charge in [-0.2, -0.15) is 0 Å². The Hall–Kier alpha value is -3.46. The Morgan fingerprint density at radius 2 is 1.61 bits per heavy atom. The van der Waals surface area contributed by atoms with Crippen molar-refractivity contribution < 1.29 is 13.7 Å². The zero-order chi connectivity index (χ0) is 23.2. The summed E-state index contributed by atoms with van der Waals surface area (Å²) < 4.78 is 23.1. The molecule has 0 unspecified atom stereocenters. The van der Waals surface area contributed by atoms with E-state index >= 15 is 0 Å². The lowest BCUT2D eigenvalue weighted by atomic mass is 9.78. The average molecular weight is 437 g/mol. The third-order valence-corrected chi connectivity index (χ3v) is 7.04. The van der Waals surface area contributed by atoms with Crippen LogP contribution in [-0.4, -0.2) is 0 Å². The molecule has 2 nitrogen and oxygen atoms in total. The molecule has 5 aromatic rings. The van der Waals surface area contributed by atoms with Crippen LogP contribution in [0.15, 0.2) is 54.7 Å². The first-order valence-electron chi connectivity index (χ1n) is 11.5. The third-order valence-electron chi connectivity index (χ3n) is 7.04. The summed E-state index contributed by atoms with van der Waals surface area (Å²) in [6, 6.07) is 15.8. The van der Waals surface area contributed by atoms with Gasteiger partial charge in [-0.25, -0.2) is 8.96 Å². The normalized spacial score (nSPS) is 12.9. The number of aromatic nitrogens is 1. The second-order valence-electron chi connectivity index (χ2n) is 10.4. The van der Waals surface area contributed by atoms with E-state index in [2.05, 4.69) is 76.7 Å². The number of halogens is 1. The molecule has 0 saturated carbocycles. The molecule has 0 radical (unpaired) electrons. The molecule has 0 N–H and O–H groups in total. The molecule has 0 fully saturated rings. The predicted octanol–water partition coefficient (Wildman–Crippen LogP) is 7.80. The SMILES string of the molecule is Cc1ccc2c(C(C)(C)C)c3c(c(C)c2c1)-c1c2c(cc4cc(F)ccc4c2cc[n+]1C)O3. The van der Waals surface area contributed by atoms with Crippen molar-refractivity contribution in [3.63, 3.8) is 0 Å². The van der Waals surface area contributed by atoms with E-state index in [9.17, 15) is 4.39 Å². The number of hydrogen-bond donors (Lipinski definition) is 0. The molecular formula is C30H27FNO+. The summed E-state index contributed by atoms with van der Waals surface area (Å²) in [6.45, 7) is 11.1. The van der Waals surface area contributed by atoms with Gasteiger partial charge in [-0.3, -0.25) is 0 Å². The molecule has 0 atom stereocenters. The van der Waals surface area contributed by atoms with Gasteiger partial charge in [0.05, 0.1) is 10.9 Å². The highest BCUT2D eigenvalue weighted by Crippen LogP contribution is 2.54. The Morgan fingerprint density at radius 3 is 2.36 bits per heavy atom. The Labute approximate surface area is 193 Å². The second kappa shape index (κ2) is 6.54. The summed E-state index contributed by atoms with van der Waals surface area (Å²) in [4.78, 5) is 0. The van der Waals surface area contributed by atoms with Gasteiger partial charge in [0.1, 0.15) is 24.4 Å². The van der Waals surface area contributed by atoms with Crippen molar-refractivity contribution in [3.8, 4) is 22.8 Å². The van der Waals surface area contributed by atoms with Crippen LogP contribution in [0.3, 0.4) is 0 Å². The minimum absolute atomic E-state index is 0.127. The van der Waals surface area contributed by atoms with Crippen LogP contribution >= 0.6 is 0 Å². The van der Waals surface area contributed by atoms with Crippen molar-refractivity contribution in [2.45, 2.75) is 40.0 Å². The van der Waals surface area contributed by atoms with Crippen LogP contribution < -0.4 is 9.30 Å². The first-order valence-corrected chi connectivity index (χ1v) is 11.5. The fraction of sp³-hybridized carbons (Fsp3) is 0.233. The summed E-state index contributed by atoms with van der Waals surface area (Å²) in [5.41, 5.74) is 5.86. The van der Waals surface area contributed by atoms with Crippen molar-refractivity contribution in [1.29, 1.82) is 0 Å². The molecule has 0 saturated heterocycles. The van der Waals surface area contributed by atoms with Gasteiger partial charge >= 0.3 is 0 Å². The maximum absolute atomic E-state index is 14.1. The van der Waals surface area contributed by atoms with Crippen LogP contribution in [0, 0.1) is 19.7 Å². The molecule has 1 aromatic heterocycles. The zero-order valence-electron chi connectivity index (χ0n) is 19.9. The lowest BCUT2D eigenvalue weighted by Gasteiger charge is -2.30. The van der Waals surface area contributed by atoms with Gasteiger partial charge in [0.25, 0.3) is 0 Å². The lowest BCUT2D eigenvalue weighted by molar-refractivity contribution is -0.659. The Morgan fingerprint density at radius 1 is 0.848 bits per heavy atom. The van der Waals surface area contributed by atoms with Crippen molar-refractivity contribution >= 4 is 32.3 Å². The molecular weight excluding hydrogens is 409 g/mol. The van der Waals surface area contributed by atoms with Crippen molar-refractivity contribution in [2.75, 3.05) is 0 Å². The smallest absolute Gasteiger partial charge is 0.228 e. The number of pyridine rings is 1. The molecule has 1 aliphatic heterocycles. The summed E-state index contributed by atoms with van der Waals surface area (Å²) in [5, 5.41) is 6.56. The van der Waals surface area contributed by atoms with E-state index in [1.54, 1.807) is 6.07 Å². The molecule has 6 rings (SSSR count). The molecule has 0 spiro atoms. The van der Waals surface area contributed by atoms with Crippen LogP contribution in [0.4, 0.5) is 4.39 Å². The quantitative estimate of drug-likeness (QED) is 0.175. The number of fused-ring (bicyclic) bond motifs is 5. The number of aryl methyl sites for hydroxylation is 3. The van der Waals surface area contributed by atoms with Crippen LogP contribution in [0.5, 0.6) is 11.5 Å². The molecule has 33 heavy (non-hydrogen) atoms. The van der Waals surface area contributed by atoms with E-state index in [1.807, 2.05) is 12.1 Å². The third kappa shape index (κ3) is 2.75. The minimum atomic E-state index is -0.237. The van der Waals surface area contributed by atoms with E-state index in [0.29, 0.717) is 0 Å². The van der Waals surface area contributed by atoms with E-state index in [0.717, 1.165) is 44.3 Å². The number of hydrogen-bond acceptors (Lipinski definition) is 1. The summed E-state index contributed by atoms with van der Waals surface area (Å²) in [6.07, 6.45) is 2.11. The monoisotopic (exact) mass is 436 g/mol. The van der Waals surface area contributed by atoms with Gasteiger partial charge in [-0.1, -0.05) is 50.6 Å². The number of rotatable bonds is 0. The fourth-order valence-electron chi connectivity index (χ4n) is 5.60. The highest BCUT2D eigenvalue weighted by Gasteiger charge is 2.36. The highest BCUT2D eigenvalue weighted by molar-refractivity contribution is 6.16. The summed E-state index contributed by atoms with van der Waals surface area (Å²) in [5.74, 6) is 1.47. The molecule has 0 aliphatic carbocycles. The second-order valence-corrected chi connectivity index (χ2v) is 10.4. The topological polar surface area (TPSA) is 13.1 Å². The standard InChI is InChI=1S/C30H27FNO/c1-16-7-9-22-23(13-16)17(2)25-28-26-21(11-12-32(28)6)20-10-8-19(31)14-18(20)15-24(26)33-29(25)27(22)30(3,4)5/h7-15H,1-6H3/q+1. The van der Waals surface area contributed by atoms with Gasteiger partial charge < -0.3 is 4.74 Å². The van der Waals surface area contributed by atoms with E-state index < -0.39 is 0 Å². The summed E-state index contributed by atoms with van der Waals surface area (Å²) in [7, 11) is 2.10. The molecule has 0 amide bonds. The van der Waals surface area contributed by atoms with E-state index in [1.165, 1.54) is 33.5 Å². The average Bonchev–Trinajstić information content (AvgIpc) is 2.74. The molecule has 0 bridgehead atoms. The van der Waals surface area contributed by atoms with Gasteiger partial charge in [-0.15, -0.1) is 0 Å². The van der Waals surface area contributed by atoms with E-state index in [-0.39, 0.29) is 11.2 Å². The van der Waals surface area contributed by atoms with Crippen molar-refractivity contribution in [1.82, 2.24) is 0 Å². The highest BCUT2D eigenvalue weighted by atomic mass is 19.1. The number of ether oxygens (including phenoxy) is 1. The maximum atomic E-state index is 14.1. The van der Waals surface area contributed by atoms with E-state index in [4.69, 9.17) is 4.74 Å². The number of benzene rings is 4. The Balaban J connectivity index is 1.87. The zero-order valence-corrected chi connectivity index (χ0v) is 19.9. The lowest BCUT2D eigenvalue weighted by Crippen LogP contribution is -2.32. The first kappa shape index (κ1) is 20.2. The fourth-order valence-corrected chi connectivity index (χ4v) is 5.60. The minimum Gasteiger partial charge on any atom is -0.455 e. The molecule has 1 aliphatic rings. The van der Waals surface area contributed by atoms with Gasteiger partial charge in [0.15, 0.2) is 6.20 Å². The van der Waals surface area contributed by atoms with Crippen LogP contribution in [0.1, 0.15) is 37.5 Å². The molecule has 4 aromatic carbocycles. The van der Waals surface area contributed by atoms with Gasteiger partial charge in [-0.05, 0) is 64.6 Å². The molecule has 164 valence electrons. The Bertz CT molecular complexity index is 1660. The first-order chi connectivity index (χ1) is 15.6. The number of nitrogens with zero attached hydrogens (tertiary/aromatic N) is 1. The maximum Gasteiger partial charge on any atom is 0.228 e. The Kier molecular flexibility index (Phi) is 4.00. The van der Waals surface area contributed by atoms with Crippen LogP contribution in [0.25, 0.3) is 43.6 Å². The molecule has 3 heteroatoms. The van der Waals surface area contributed by atoms with Crippen LogP contribution in [-0.2, 0) is 12.5 Å². The predicted molar refractivity (Wildman–Crippen MR) is 134 cm³/mol. The summed E-state index contributed by atoms with van der Waals surface area (Å²) >= 11 is 0. The van der Waals surface area contributed by atoms with Gasteiger partial charge in [0, 0.05) is 17.0 Å². The van der Waals surface area contributed by atoms with Crippen LogP contribution in [0.2, 0.25) is 0 Å². The van der Waals surface area contributed by atoms with Gasteiger partial charge in [0.2, 0.25) is 5.69 Å². The van der Waals surface area contributed by atoms with Crippen molar-refractivity contribution in [2.24, 2.45) is 7.05 Å².